The highest BCUT2D eigenvalue weighted by Gasteiger charge is 2.12. The van der Waals surface area contributed by atoms with Gasteiger partial charge in [0.2, 0.25) is 0 Å². The molecular formula is C5H7I3O2. The minimum Gasteiger partial charge on any atom is -0.465 e. The Labute approximate surface area is 101 Å². The summed E-state index contributed by atoms with van der Waals surface area (Å²) in [5.74, 6) is -0.199. The summed E-state index contributed by atoms with van der Waals surface area (Å²) in [6.07, 6.45) is 0. The molecule has 1 unspecified atom stereocenters. The van der Waals surface area contributed by atoms with Crippen LogP contribution in [-0.2, 0) is 9.53 Å². The van der Waals surface area contributed by atoms with Gasteiger partial charge < -0.3 is 4.74 Å². The second-order valence-corrected chi connectivity index (χ2v) is 8.32. The van der Waals surface area contributed by atoms with E-state index in [9.17, 15) is 4.79 Å². The lowest BCUT2D eigenvalue weighted by Gasteiger charge is -2.09. The van der Waals surface area contributed by atoms with Gasteiger partial charge in [-0.1, -0.05) is 67.8 Å². The molecule has 0 aromatic heterocycles. The quantitative estimate of drug-likeness (QED) is 0.353. The molecule has 0 aliphatic heterocycles. The van der Waals surface area contributed by atoms with Crippen molar-refractivity contribution in [3.63, 3.8) is 0 Å². The van der Waals surface area contributed by atoms with Crippen LogP contribution in [0.25, 0.3) is 0 Å². The fourth-order valence-electron chi connectivity index (χ4n) is 0.270. The molecule has 0 aliphatic carbocycles. The molecule has 0 radical (unpaired) electrons. The molecule has 0 rings (SSSR count). The molecule has 0 aromatic carbocycles. The first-order valence-electron chi connectivity index (χ1n) is 2.59. The SMILES string of the molecule is CC(=O)OCC(I)C(I)I. The van der Waals surface area contributed by atoms with Crippen molar-refractivity contribution in [2.75, 3.05) is 6.61 Å². The number of esters is 1. The van der Waals surface area contributed by atoms with E-state index in [2.05, 4.69) is 67.8 Å². The van der Waals surface area contributed by atoms with Crippen molar-refractivity contribution in [3.05, 3.63) is 0 Å². The third-order valence-electron chi connectivity index (χ3n) is 0.719. The summed E-state index contributed by atoms with van der Waals surface area (Å²) in [6, 6.07) is 0. The molecule has 0 spiro atoms. The fraction of sp³-hybridized carbons (Fsp3) is 0.800. The van der Waals surface area contributed by atoms with Crippen LogP contribution in [0.15, 0.2) is 0 Å². The maximum absolute atomic E-state index is 10.3. The van der Waals surface area contributed by atoms with E-state index in [4.69, 9.17) is 4.74 Å². The highest BCUT2D eigenvalue weighted by molar-refractivity contribution is 14.2. The van der Waals surface area contributed by atoms with E-state index in [1.54, 1.807) is 0 Å². The van der Waals surface area contributed by atoms with Crippen LogP contribution in [0.3, 0.4) is 0 Å². The van der Waals surface area contributed by atoms with Crippen LogP contribution >= 0.6 is 67.8 Å². The lowest BCUT2D eigenvalue weighted by molar-refractivity contribution is -0.140. The maximum atomic E-state index is 10.3. The predicted molar refractivity (Wildman–Crippen MR) is 66.3 cm³/mol. The molecule has 0 saturated carbocycles. The summed E-state index contributed by atoms with van der Waals surface area (Å²) in [5, 5.41) is 0. The molecule has 0 aliphatic rings. The molecule has 1 atom stereocenters. The van der Waals surface area contributed by atoms with Crippen molar-refractivity contribution >= 4 is 73.7 Å². The summed E-state index contributed by atoms with van der Waals surface area (Å²) < 4.78 is 5.72. The zero-order valence-electron chi connectivity index (χ0n) is 5.31. The molecule has 60 valence electrons. The van der Waals surface area contributed by atoms with Crippen LogP contribution in [0.5, 0.6) is 0 Å². The van der Waals surface area contributed by atoms with Crippen molar-refractivity contribution in [2.24, 2.45) is 0 Å². The van der Waals surface area contributed by atoms with Gasteiger partial charge in [0, 0.05) is 6.92 Å². The van der Waals surface area contributed by atoms with E-state index in [1.807, 2.05) is 0 Å². The first-order valence-corrected chi connectivity index (χ1v) is 6.33. The van der Waals surface area contributed by atoms with Crippen molar-refractivity contribution in [1.29, 1.82) is 0 Å². The number of carbonyl (C=O) groups is 1. The molecule has 5 heteroatoms. The van der Waals surface area contributed by atoms with Gasteiger partial charge in [-0.05, 0) is 0 Å². The summed E-state index contributed by atoms with van der Waals surface area (Å²) in [5.41, 5.74) is 0. The zero-order chi connectivity index (χ0) is 8.15. The minimum atomic E-state index is -0.199. The lowest BCUT2D eigenvalue weighted by Crippen LogP contribution is -2.16. The number of ether oxygens (including phenoxy) is 1. The Morgan fingerprint density at radius 1 is 1.50 bits per heavy atom. The third-order valence-corrected chi connectivity index (χ3v) is 6.29. The Morgan fingerprint density at radius 3 is 2.30 bits per heavy atom. The standard InChI is InChI=1S/C5H7I3O2/c1-3(9)10-2-4(6)5(7)8/h4-5H,2H2,1H3. The van der Waals surface area contributed by atoms with Crippen molar-refractivity contribution in [1.82, 2.24) is 0 Å². The van der Waals surface area contributed by atoms with E-state index < -0.39 is 0 Å². The number of halogens is 3. The highest BCUT2D eigenvalue weighted by atomic mass is 127. The molecule has 10 heavy (non-hydrogen) atoms. The largest absolute Gasteiger partial charge is 0.465 e. The van der Waals surface area contributed by atoms with E-state index in [0.717, 1.165) is 0 Å². The summed E-state index contributed by atoms with van der Waals surface area (Å²) in [6.45, 7) is 1.95. The van der Waals surface area contributed by atoms with Gasteiger partial charge in [-0.2, -0.15) is 0 Å². The second kappa shape index (κ2) is 6.21. The highest BCUT2D eigenvalue weighted by Crippen LogP contribution is 2.21. The first kappa shape index (κ1) is 11.7. The van der Waals surface area contributed by atoms with Gasteiger partial charge in [-0.15, -0.1) is 0 Å². The second-order valence-electron chi connectivity index (χ2n) is 1.65. The van der Waals surface area contributed by atoms with Gasteiger partial charge in [-0.3, -0.25) is 4.79 Å². The fourth-order valence-corrected chi connectivity index (χ4v) is 0.865. The number of alkyl halides is 3. The molecule has 0 fully saturated rings. The van der Waals surface area contributed by atoms with Gasteiger partial charge in [0.15, 0.2) is 0 Å². The van der Waals surface area contributed by atoms with Crippen LogP contribution in [0.2, 0.25) is 0 Å². The number of rotatable bonds is 3. The Kier molecular flexibility index (Phi) is 7.24. The third kappa shape index (κ3) is 6.38. The van der Waals surface area contributed by atoms with Crippen LogP contribution in [0.1, 0.15) is 6.92 Å². The molecule has 0 aromatic rings. The van der Waals surface area contributed by atoms with Crippen molar-refractivity contribution in [3.8, 4) is 0 Å². The van der Waals surface area contributed by atoms with E-state index >= 15 is 0 Å². The monoisotopic (exact) mass is 480 g/mol. The van der Waals surface area contributed by atoms with E-state index in [-0.39, 0.29) is 5.97 Å². The molecule has 2 nitrogen and oxygen atoms in total. The molecule has 0 saturated heterocycles. The smallest absolute Gasteiger partial charge is 0.302 e. The van der Waals surface area contributed by atoms with Crippen LogP contribution in [0.4, 0.5) is 0 Å². The van der Waals surface area contributed by atoms with Crippen LogP contribution in [0, 0.1) is 0 Å². The Morgan fingerprint density at radius 2 is 2.00 bits per heavy atom. The molecule has 0 N–H and O–H groups in total. The Balaban J connectivity index is 3.39. The Bertz CT molecular complexity index is 115. The molecule has 0 bridgehead atoms. The van der Waals surface area contributed by atoms with Gasteiger partial charge in [-0.25, -0.2) is 0 Å². The van der Waals surface area contributed by atoms with Crippen LogP contribution < -0.4 is 0 Å². The topological polar surface area (TPSA) is 26.3 Å². The Hall–Kier alpha value is 1.66. The summed E-state index contributed by atoms with van der Waals surface area (Å²) in [7, 11) is 0. The maximum Gasteiger partial charge on any atom is 0.302 e. The average Bonchev–Trinajstić information content (AvgIpc) is 1.82. The normalized spacial score (nSPS) is 13.3. The van der Waals surface area contributed by atoms with E-state index in [0.29, 0.717) is 12.5 Å². The van der Waals surface area contributed by atoms with Gasteiger partial charge in [0.1, 0.15) is 6.61 Å². The predicted octanol–water partition coefficient (Wildman–Crippen LogP) is 2.55. The molecular weight excluding hydrogens is 473 g/mol. The van der Waals surface area contributed by atoms with Gasteiger partial charge in [0.25, 0.3) is 0 Å². The summed E-state index contributed by atoms with van der Waals surface area (Å²) >= 11 is 6.88. The summed E-state index contributed by atoms with van der Waals surface area (Å²) in [4.78, 5) is 10.3. The number of hydrogen-bond donors (Lipinski definition) is 0. The number of carbonyl (C=O) groups excluding carboxylic acids is 1. The average molecular weight is 480 g/mol. The van der Waals surface area contributed by atoms with Crippen molar-refractivity contribution in [2.45, 2.75) is 12.8 Å². The molecule has 0 amide bonds. The van der Waals surface area contributed by atoms with E-state index in [1.165, 1.54) is 6.92 Å². The van der Waals surface area contributed by atoms with Crippen LogP contribution in [-0.4, -0.2) is 18.4 Å². The van der Waals surface area contributed by atoms with Gasteiger partial charge in [0.05, 0.1) is 5.86 Å². The minimum absolute atomic E-state index is 0.199. The lowest BCUT2D eigenvalue weighted by atomic mass is 10.5. The van der Waals surface area contributed by atoms with Gasteiger partial charge >= 0.3 is 5.97 Å². The molecule has 0 heterocycles. The number of hydrogen-bond acceptors (Lipinski definition) is 2. The van der Waals surface area contributed by atoms with Crippen molar-refractivity contribution < 1.29 is 9.53 Å². The first-order chi connectivity index (χ1) is 4.54. The zero-order valence-corrected chi connectivity index (χ0v) is 11.8.